The van der Waals surface area contributed by atoms with Gasteiger partial charge in [-0.3, -0.25) is 10.1 Å². The molecular weight excluding hydrogens is 246 g/mol. The van der Waals surface area contributed by atoms with E-state index in [0.29, 0.717) is 25.3 Å². The molecule has 0 saturated carbocycles. The fourth-order valence-electron chi connectivity index (χ4n) is 1.62. The summed E-state index contributed by atoms with van der Waals surface area (Å²) in [5, 5.41) is 14.0. The monoisotopic (exact) mass is 267 g/mol. The van der Waals surface area contributed by atoms with Crippen molar-refractivity contribution in [2.75, 3.05) is 45.7 Å². The molecule has 0 amide bonds. The van der Waals surface area contributed by atoms with Crippen molar-refractivity contribution in [1.82, 2.24) is 4.90 Å². The molecule has 0 fully saturated rings. The first kappa shape index (κ1) is 15.4. The van der Waals surface area contributed by atoms with E-state index in [1.807, 2.05) is 20.2 Å². The van der Waals surface area contributed by atoms with Gasteiger partial charge in [0.2, 0.25) is 0 Å². The van der Waals surface area contributed by atoms with Crippen LogP contribution >= 0.6 is 0 Å². The maximum atomic E-state index is 10.8. The van der Waals surface area contributed by atoms with Crippen molar-refractivity contribution in [1.29, 1.82) is 0 Å². The zero-order valence-electron chi connectivity index (χ0n) is 11.7. The summed E-state index contributed by atoms with van der Waals surface area (Å²) in [6.07, 6.45) is 0. The van der Waals surface area contributed by atoms with Crippen molar-refractivity contribution in [3.8, 4) is 0 Å². The van der Waals surface area contributed by atoms with Gasteiger partial charge in [-0.15, -0.1) is 0 Å². The number of ether oxygens (including phenoxy) is 1. The minimum Gasteiger partial charge on any atom is -0.382 e. The minimum atomic E-state index is -0.367. The molecule has 0 heterocycles. The van der Waals surface area contributed by atoms with Gasteiger partial charge in [-0.1, -0.05) is 6.07 Å². The van der Waals surface area contributed by atoms with E-state index in [2.05, 4.69) is 10.2 Å². The van der Waals surface area contributed by atoms with Crippen LogP contribution in [0.25, 0.3) is 0 Å². The van der Waals surface area contributed by atoms with Crippen molar-refractivity contribution >= 4 is 11.4 Å². The lowest BCUT2D eigenvalue weighted by Crippen LogP contribution is -2.20. The summed E-state index contributed by atoms with van der Waals surface area (Å²) in [6.45, 7) is 4.53. The number of hydrogen-bond donors (Lipinski definition) is 1. The highest BCUT2D eigenvalue weighted by atomic mass is 16.6. The third-order valence-corrected chi connectivity index (χ3v) is 2.75. The van der Waals surface area contributed by atoms with Crippen molar-refractivity contribution in [2.24, 2.45) is 0 Å². The number of nitro benzene ring substituents is 1. The molecule has 1 rings (SSSR count). The van der Waals surface area contributed by atoms with Gasteiger partial charge in [-0.05, 0) is 27.1 Å². The lowest BCUT2D eigenvalue weighted by Gasteiger charge is -2.12. The van der Waals surface area contributed by atoms with Gasteiger partial charge < -0.3 is 15.0 Å². The normalized spacial score (nSPS) is 10.7. The fourth-order valence-corrected chi connectivity index (χ4v) is 1.62. The van der Waals surface area contributed by atoms with Gasteiger partial charge in [-0.25, -0.2) is 0 Å². The van der Waals surface area contributed by atoms with E-state index in [9.17, 15) is 10.1 Å². The molecule has 0 atom stereocenters. The smallest absolute Gasteiger partial charge is 0.274 e. The minimum absolute atomic E-state index is 0.138. The summed E-state index contributed by atoms with van der Waals surface area (Å²) in [5.74, 6) is 0. The molecule has 0 aliphatic carbocycles. The highest BCUT2D eigenvalue weighted by Gasteiger charge is 2.12. The third kappa shape index (κ3) is 5.23. The summed E-state index contributed by atoms with van der Waals surface area (Å²) < 4.78 is 5.45. The molecule has 0 saturated heterocycles. The lowest BCUT2D eigenvalue weighted by molar-refractivity contribution is -0.385. The molecule has 0 spiro atoms. The molecule has 0 aromatic heterocycles. The van der Waals surface area contributed by atoms with Crippen LogP contribution in [0, 0.1) is 17.0 Å². The quantitative estimate of drug-likeness (QED) is 0.442. The molecule has 0 unspecified atom stereocenters. The van der Waals surface area contributed by atoms with E-state index in [-0.39, 0.29) is 10.6 Å². The largest absolute Gasteiger partial charge is 0.382 e. The second kappa shape index (κ2) is 7.70. The third-order valence-electron chi connectivity index (χ3n) is 2.75. The molecule has 1 N–H and O–H groups in total. The average molecular weight is 267 g/mol. The maximum absolute atomic E-state index is 10.8. The molecule has 1 aromatic rings. The Morgan fingerprint density at radius 1 is 1.37 bits per heavy atom. The first-order chi connectivity index (χ1) is 9.02. The summed E-state index contributed by atoms with van der Waals surface area (Å²) in [7, 11) is 3.99. The topological polar surface area (TPSA) is 67.6 Å². The Labute approximate surface area is 113 Å². The molecule has 0 aliphatic heterocycles. The summed E-state index contributed by atoms with van der Waals surface area (Å²) in [5.41, 5.74) is 1.57. The number of benzene rings is 1. The molecule has 0 aliphatic rings. The predicted molar refractivity (Wildman–Crippen MR) is 75.7 cm³/mol. The number of nitro groups is 1. The molecule has 106 valence electrons. The average Bonchev–Trinajstić information content (AvgIpc) is 2.34. The Morgan fingerprint density at radius 2 is 2.11 bits per heavy atom. The van der Waals surface area contributed by atoms with E-state index in [1.165, 1.54) is 6.07 Å². The highest BCUT2D eigenvalue weighted by molar-refractivity contribution is 5.59. The van der Waals surface area contributed by atoms with E-state index >= 15 is 0 Å². The Balaban J connectivity index is 2.37. The van der Waals surface area contributed by atoms with Crippen molar-refractivity contribution in [2.45, 2.75) is 6.92 Å². The van der Waals surface area contributed by atoms with Crippen LogP contribution in [0.2, 0.25) is 0 Å². The lowest BCUT2D eigenvalue weighted by atomic mass is 10.1. The van der Waals surface area contributed by atoms with E-state index in [0.717, 1.165) is 12.2 Å². The number of nitrogens with zero attached hydrogens (tertiary/aromatic N) is 2. The zero-order valence-corrected chi connectivity index (χ0v) is 11.7. The number of rotatable bonds is 8. The molecule has 6 heteroatoms. The van der Waals surface area contributed by atoms with Crippen molar-refractivity contribution in [3.05, 3.63) is 33.9 Å². The second-order valence-corrected chi connectivity index (χ2v) is 4.55. The summed E-state index contributed by atoms with van der Waals surface area (Å²) in [4.78, 5) is 12.5. The molecule has 0 bridgehead atoms. The Hall–Kier alpha value is -1.66. The summed E-state index contributed by atoms with van der Waals surface area (Å²) in [6, 6.07) is 5.02. The van der Waals surface area contributed by atoms with E-state index in [1.54, 1.807) is 13.0 Å². The van der Waals surface area contributed by atoms with Gasteiger partial charge in [0.25, 0.3) is 5.69 Å². The number of likely N-dealkylation sites (N-methyl/N-ethyl adjacent to an activating group) is 1. The summed E-state index contributed by atoms with van der Waals surface area (Å²) >= 11 is 0. The van der Waals surface area contributed by atoms with Gasteiger partial charge in [0.05, 0.1) is 18.1 Å². The van der Waals surface area contributed by atoms with Crippen LogP contribution in [0.1, 0.15) is 5.56 Å². The van der Waals surface area contributed by atoms with Gasteiger partial charge >= 0.3 is 0 Å². The van der Waals surface area contributed by atoms with E-state index < -0.39 is 0 Å². The van der Waals surface area contributed by atoms with Crippen LogP contribution in [0.4, 0.5) is 11.4 Å². The number of anilines is 1. The van der Waals surface area contributed by atoms with Crippen LogP contribution in [0.5, 0.6) is 0 Å². The first-order valence-electron chi connectivity index (χ1n) is 6.22. The zero-order chi connectivity index (χ0) is 14.3. The number of nitrogens with one attached hydrogen (secondary N) is 1. The van der Waals surface area contributed by atoms with Crippen LogP contribution in [0.3, 0.4) is 0 Å². The van der Waals surface area contributed by atoms with Crippen LogP contribution in [-0.2, 0) is 4.74 Å². The van der Waals surface area contributed by atoms with Gasteiger partial charge in [0, 0.05) is 30.4 Å². The standard InChI is InChI=1S/C13H21N3O3/c1-11-12(5-4-6-13(11)16(17)18)14-7-9-19-10-8-15(2)3/h4-6,14H,7-10H2,1-3H3. The molecule has 19 heavy (non-hydrogen) atoms. The predicted octanol–water partition coefficient (Wildman–Crippen LogP) is 1.89. The molecular formula is C13H21N3O3. The first-order valence-corrected chi connectivity index (χ1v) is 6.22. The SMILES string of the molecule is Cc1c(NCCOCCN(C)C)cccc1[N+](=O)[O-]. The highest BCUT2D eigenvalue weighted by Crippen LogP contribution is 2.24. The maximum Gasteiger partial charge on any atom is 0.274 e. The van der Waals surface area contributed by atoms with Gasteiger partial charge in [0.15, 0.2) is 0 Å². The Bertz CT molecular complexity index is 422. The van der Waals surface area contributed by atoms with E-state index in [4.69, 9.17) is 4.74 Å². The molecule has 6 nitrogen and oxygen atoms in total. The fraction of sp³-hybridized carbons (Fsp3) is 0.538. The van der Waals surface area contributed by atoms with Crippen LogP contribution in [0.15, 0.2) is 18.2 Å². The molecule has 1 aromatic carbocycles. The Kier molecular flexibility index (Phi) is 6.24. The van der Waals surface area contributed by atoms with Gasteiger partial charge in [-0.2, -0.15) is 0 Å². The van der Waals surface area contributed by atoms with Crippen molar-refractivity contribution < 1.29 is 9.66 Å². The molecule has 0 radical (unpaired) electrons. The van der Waals surface area contributed by atoms with Gasteiger partial charge in [0.1, 0.15) is 0 Å². The van der Waals surface area contributed by atoms with Crippen LogP contribution in [-0.4, -0.2) is 50.2 Å². The number of hydrogen-bond acceptors (Lipinski definition) is 5. The van der Waals surface area contributed by atoms with Crippen LogP contribution < -0.4 is 5.32 Å². The van der Waals surface area contributed by atoms with Crippen molar-refractivity contribution in [3.63, 3.8) is 0 Å². The second-order valence-electron chi connectivity index (χ2n) is 4.55. The Morgan fingerprint density at radius 3 is 2.74 bits per heavy atom.